The number of nitrogens with zero attached hydrogens (tertiary/aromatic N) is 1. The number of isocyanates is 1. The van der Waals surface area contributed by atoms with E-state index < -0.39 is 0 Å². The lowest BCUT2D eigenvalue weighted by Crippen LogP contribution is -1.94. The Hall–Kier alpha value is -1.60. The molecule has 1 atom stereocenters. The van der Waals surface area contributed by atoms with Crippen molar-refractivity contribution in [2.75, 3.05) is 0 Å². The highest BCUT2D eigenvalue weighted by Crippen LogP contribution is 2.23. The van der Waals surface area contributed by atoms with Gasteiger partial charge in [0.05, 0.1) is 6.04 Å². The average molecular weight is 191 g/mol. The fraction of sp³-hybridized carbons (Fsp3) is 0.364. The van der Waals surface area contributed by atoms with Crippen LogP contribution in [0.25, 0.3) is 0 Å². The van der Waals surface area contributed by atoms with Crippen molar-refractivity contribution < 1.29 is 9.90 Å². The number of phenolic OH excluding ortho intramolecular Hbond substituents is 1. The van der Waals surface area contributed by atoms with Crippen LogP contribution < -0.4 is 0 Å². The minimum Gasteiger partial charge on any atom is -0.508 e. The summed E-state index contributed by atoms with van der Waals surface area (Å²) in [5, 5.41) is 9.09. The molecular formula is C11H13NO2. The Morgan fingerprint density at radius 1 is 1.43 bits per heavy atom. The molecule has 1 N–H and O–H groups in total. The summed E-state index contributed by atoms with van der Waals surface area (Å²) >= 11 is 0. The predicted octanol–water partition coefficient (Wildman–Crippen LogP) is 2.57. The second kappa shape index (κ2) is 5.20. The zero-order chi connectivity index (χ0) is 10.4. The summed E-state index contributed by atoms with van der Waals surface area (Å²) in [6, 6.07) is 6.61. The first-order valence-corrected chi connectivity index (χ1v) is 4.63. The first kappa shape index (κ1) is 10.5. The number of aliphatic imine (C=N–C) groups is 1. The molecule has 0 amide bonds. The van der Waals surface area contributed by atoms with E-state index in [0.29, 0.717) is 0 Å². The lowest BCUT2D eigenvalue weighted by molar-refractivity contribution is 0.474. The Labute approximate surface area is 83.1 Å². The van der Waals surface area contributed by atoms with Crippen LogP contribution in [0.4, 0.5) is 0 Å². The fourth-order valence-electron chi connectivity index (χ4n) is 1.34. The minimum absolute atomic E-state index is 0.127. The molecule has 3 heteroatoms. The van der Waals surface area contributed by atoms with Crippen LogP contribution in [0.15, 0.2) is 29.3 Å². The highest BCUT2D eigenvalue weighted by atomic mass is 16.3. The third-order valence-corrected chi connectivity index (χ3v) is 2.05. The second-order valence-corrected chi connectivity index (χ2v) is 3.12. The van der Waals surface area contributed by atoms with Crippen LogP contribution >= 0.6 is 0 Å². The first-order valence-electron chi connectivity index (χ1n) is 4.63. The van der Waals surface area contributed by atoms with Gasteiger partial charge in [-0.25, -0.2) is 4.79 Å². The van der Waals surface area contributed by atoms with Gasteiger partial charge in [-0.1, -0.05) is 25.5 Å². The lowest BCUT2D eigenvalue weighted by atomic mass is 10.0. The monoisotopic (exact) mass is 191 g/mol. The van der Waals surface area contributed by atoms with Crippen molar-refractivity contribution in [2.24, 2.45) is 4.99 Å². The molecule has 0 heterocycles. The van der Waals surface area contributed by atoms with Gasteiger partial charge in [-0.15, -0.1) is 0 Å². The number of benzene rings is 1. The summed E-state index contributed by atoms with van der Waals surface area (Å²) in [5.74, 6) is 0.221. The maximum atomic E-state index is 10.2. The Bertz CT molecular complexity index is 326. The third kappa shape index (κ3) is 2.71. The Morgan fingerprint density at radius 2 is 2.07 bits per heavy atom. The second-order valence-electron chi connectivity index (χ2n) is 3.12. The van der Waals surface area contributed by atoms with Crippen molar-refractivity contribution in [3.63, 3.8) is 0 Å². The molecule has 0 spiro atoms. The van der Waals surface area contributed by atoms with Crippen molar-refractivity contribution in [1.29, 1.82) is 0 Å². The zero-order valence-corrected chi connectivity index (χ0v) is 8.10. The topological polar surface area (TPSA) is 49.7 Å². The molecule has 3 nitrogen and oxygen atoms in total. The zero-order valence-electron chi connectivity index (χ0n) is 8.10. The molecular weight excluding hydrogens is 178 g/mol. The van der Waals surface area contributed by atoms with Gasteiger partial charge in [-0.05, 0) is 24.1 Å². The van der Waals surface area contributed by atoms with E-state index in [4.69, 9.17) is 5.11 Å². The van der Waals surface area contributed by atoms with Gasteiger partial charge in [0, 0.05) is 0 Å². The molecule has 1 aromatic rings. The van der Waals surface area contributed by atoms with E-state index in [1.54, 1.807) is 30.3 Å². The third-order valence-electron chi connectivity index (χ3n) is 2.05. The molecule has 0 saturated carbocycles. The fourth-order valence-corrected chi connectivity index (χ4v) is 1.34. The molecule has 0 aromatic heterocycles. The number of carbonyl (C=O) groups excluding carboxylic acids is 1. The van der Waals surface area contributed by atoms with E-state index in [2.05, 4.69) is 4.99 Å². The number of phenols is 1. The van der Waals surface area contributed by atoms with Crippen LogP contribution in [0.3, 0.4) is 0 Å². The molecule has 14 heavy (non-hydrogen) atoms. The summed E-state index contributed by atoms with van der Waals surface area (Å²) in [6.45, 7) is 2.04. The Balaban J connectivity index is 2.87. The molecule has 0 fully saturated rings. The average Bonchev–Trinajstić information content (AvgIpc) is 2.19. The summed E-state index contributed by atoms with van der Waals surface area (Å²) in [6.07, 6.45) is 3.35. The predicted molar refractivity (Wildman–Crippen MR) is 53.9 cm³/mol. The minimum atomic E-state index is -0.127. The van der Waals surface area contributed by atoms with Crippen LogP contribution in [0, 0.1) is 0 Å². The molecule has 0 radical (unpaired) electrons. The van der Waals surface area contributed by atoms with Crippen molar-refractivity contribution in [2.45, 2.75) is 25.8 Å². The van der Waals surface area contributed by atoms with Crippen LogP contribution in [-0.2, 0) is 4.79 Å². The number of rotatable bonds is 4. The van der Waals surface area contributed by atoms with Gasteiger partial charge in [-0.2, -0.15) is 4.99 Å². The highest BCUT2D eigenvalue weighted by molar-refractivity contribution is 5.36. The van der Waals surface area contributed by atoms with E-state index in [1.165, 1.54) is 0 Å². The number of aromatic hydroxyl groups is 1. The van der Waals surface area contributed by atoms with Crippen molar-refractivity contribution >= 4 is 6.08 Å². The molecule has 1 aromatic carbocycles. The van der Waals surface area contributed by atoms with Crippen LogP contribution in [0.2, 0.25) is 0 Å². The van der Waals surface area contributed by atoms with E-state index in [-0.39, 0.29) is 11.8 Å². The van der Waals surface area contributed by atoms with Gasteiger partial charge >= 0.3 is 0 Å². The largest absolute Gasteiger partial charge is 0.508 e. The molecule has 1 unspecified atom stereocenters. The van der Waals surface area contributed by atoms with Gasteiger partial charge in [0.2, 0.25) is 6.08 Å². The molecule has 0 aliphatic rings. The standard InChI is InChI=1S/C11H13NO2/c1-2-3-11(12-8-13)9-4-6-10(14)7-5-9/h4-7,11,14H,2-3H2,1H3. The van der Waals surface area contributed by atoms with Crippen molar-refractivity contribution in [1.82, 2.24) is 0 Å². The van der Waals surface area contributed by atoms with E-state index in [9.17, 15) is 4.79 Å². The van der Waals surface area contributed by atoms with E-state index in [0.717, 1.165) is 18.4 Å². The van der Waals surface area contributed by atoms with Gasteiger partial charge in [-0.3, -0.25) is 0 Å². The van der Waals surface area contributed by atoms with E-state index in [1.807, 2.05) is 6.92 Å². The highest BCUT2D eigenvalue weighted by Gasteiger charge is 2.08. The molecule has 74 valence electrons. The van der Waals surface area contributed by atoms with Gasteiger partial charge < -0.3 is 5.11 Å². The number of hydrogen-bond donors (Lipinski definition) is 1. The Kier molecular flexibility index (Phi) is 3.89. The van der Waals surface area contributed by atoms with Gasteiger partial charge in [0.1, 0.15) is 5.75 Å². The SMILES string of the molecule is CCCC(N=C=O)c1ccc(O)cc1. The maximum absolute atomic E-state index is 10.2. The number of hydrogen-bond acceptors (Lipinski definition) is 3. The molecule has 1 rings (SSSR count). The first-order chi connectivity index (χ1) is 6.77. The summed E-state index contributed by atoms with van der Waals surface area (Å²) in [7, 11) is 0. The van der Waals surface area contributed by atoms with Crippen molar-refractivity contribution in [3.05, 3.63) is 29.8 Å². The molecule has 0 aliphatic carbocycles. The van der Waals surface area contributed by atoms with Crippen molar-refractivity contribution in [3.8, 4) is 5.75 Å². The van der Waals surface area contributed by atoms with Crippen LogP contribution in [0.5, 0.6) is 5.75 Å². The molecule has 0 aliphatic heterocycles. The van der Waals surface area contributed by atoms with Crippen LogP contribution in [0.1, 0.15) is 31.4 Å². The Morgan fingerprint density at radius 3 is 2.57 bits per heavy atom. The molecule has 0 saturated heterocycles. The summed E-state index contributed by atoms with van der Waals surface area (Å²) < 4.78 is 0. The quantitative estimate of drug-likeness (QED) is 0.587. The summed E-state index contributed by atoms with van der Waals surface area (Å²) in [5.41, 5.74) is 0.938. The van der Waals surface area contributed by atoms with Crippen LogP contribution in [-0.4, -0.2) is 11.2 Å². The van der Waals surface area contributed by atoms with Gasteiger partial charge in [0.15, 0.2) is 0 Å². The maximum Gasteiger partial charge on any atom is 0.235 e. The lowest BCUT2D eigenvalue weighted by Gasteiger charge is -2.09. The van der Waals surface area contributed by atoms with E-state index >= 15 is 0 Å². The molecule has 0 bridgehead atoms. The smallest absolute Gasteiger partial charge is 0.235 e. The normalized spacial score (nSPS) is 11.8. The van der Waals surface area contributed by atoms with Gasteiger partial charge in [0.25, 0.3) is 0 Å². The summed E-state index contributed by atoms with van der Waals surface area (Å²) in [4.78, 5) is 13.9.